The van der Waals surface area contributed by atoms with Crippen LogP contribution in [0.5, 0.6) is 0 Å². The highest BCUT2D eigenvalue weighted by Gasteiger charge is 2.31. The molecule has 0 aliphatic carbocycles. The van der Waals surface area contributed by atoms with E-state index < -0.39 is 0 Å². The third-order valence-corrected chi connectivity index (χ3v) is 6.89. The van der Waals surface area contributed by atoms with Crippen molar-refractivity contribution in [2.24, 2.45) is 5.92 Å². The zero-order valence-electron chi connectivity index (χ0n) is 20.6. The molecule has 0 unspecified atom stereocenters. The van der Waals surface area contributed by atoms with Crippen molar-refractivity contribution in [2.45, 2.75) is 39.3 Å². The molecule has 3 aromatic rings. The molecule has 2 aliphatic heterocycles. The lowest BCUT2D eigenvalue weighted by molar-refractivity contribution is -0.148. The number of piperidine rings is 1. The van der Waals surface area contributed by atoms with Crippen LogP contribution < -0.4 is 4.90 Å². The summed E-state index contributed by atoms with van der Waals surface area (Å²) < 4.78 is 5.26. The van der Waals surface area contributed by atoms with Crippen molar-refractivity contribution in [1.29, 1.82) is 5.26 Å². The second-order valence-corrected chi connectivity index (χ2v) is 9.30. The van der Waals surface area contributed by atoms with Gasteiger partial charge in [-0.3, -0.25) is 14.7 Å². The Morgan fingerprint density at radius 2 is 2.00 bits per heavy atom. The van der Waals surface area contributed by atoms with E-state index in [-0.39, 0.29) is 11.9 Å². The summed E-state index contributed by atoms with van der Waals surface area (Å²) in [4.78, 5) is 31.4. The van der Waals surface area contributed by atoms with Crippen LogP contribution in [-0.2, 0) is 29.0 Å². The molecule has 8 heteroatoms. The standard InChI is InChI=1S/C28H30N6O2/c1-2-36-28(35)22-9-14-34(15-10-22)27-23-19-33(18-21-7-5-6-20(16-21)17-29)13-11-24(23)31-26(32-27)25-8-3-4-12-30-25/h3-8,12,16,22H,2,9-11,13-15,18-19H2,1H3. The third kappa shape index (κ3) is 5.21. The summed E-state index contributed by atoms with van der Waals surface area (Å²) in [6.07, 6.45) is 4.09. The first-order chi connectivity index (χ1) is 17.6. The van der Waals surface area contributed by atoms with E-state index in [9.17, 15) is 10.1 Å². The minimum atomic E-state index is -0.0955. The number of carbonyl (C=O) groups excluding carboxylic acids is 1. The number of benzene rings is 1. The van der Waals surface area contributed by atoms with Gasteiger partial charge in [-0.1, -0.05) is 18.2 Å². The van der Waals surface area contributed by atoms with Crippen LogP contribution in [0.3, 0.4) is 0 Å². The Labute approximate surface area is 211 Å². The maximum Gasteiger partial charge on any atom is 0.309 e. The molecule has 1 aromatic carbocycles. The number of rotatable bonds is 6. The van der Waals surface area contributed by atoms with Gasteiger partial charge in [0.05, 0.1) is 29.9 Å². The number of hydrogen-bond acceptors (Lipinski definition) is 8. The smallest absolute Gasteiger partial charge is 0.309 e. The predicted octanol–water partition coefficient (Wildman–Crippen LogP) is 3.75. The lowest BCUT2D eigenvalue weighted by atomic mass is 9.96. The molecule has 8 nitrogen and oxygen atoms in total. The van der Waals surface area contributed by atoms with Crippen LogP contribution in [-0.4, -0.2) is 52.1 Å². The number of anilines is 1. The van der Waals surface area contributed by atoms with E-state index in [4.69, 9.17) is 14.7 Å². The molecule has 2 aromatic heterocycles. The second-order valence-electron chi connectivity index (χ2n) is 9.30. The van der Waals surface area contributed by atoms with Crippen molar-refractivity contribution in [2.75, 3.05) is 31.1 Å². The number of ether oxygens (including phenoxy) is 1. The summed E-state index contributed by atoms with van der Waals surface area (Å²) in [5.41, 5.74) is 4.78. The third-order valence-electron chi connectivity index (χ3n) is 6.89. The number of esters is 1. The Morgan fingerprint density at radius 3 is 2.75 bits per heavy atom. The van der Waals surface area contributed by atoms with Crippen molar-refractivity contribution >= 4 is 11.8 Å². The van der Waals surface area contributed by atoms with Crippen LogP contribution >= 0.6 is 0 Å². The number of aromatic nitrogens is 3. The van der Waals surface area contributed by atoms with Gasteiger partial charge >= 0.3 is 5.97 Å². The van der Waals surface area contributed by atoms with Gasteiger partial charge in [0.1, 0.15) is 11.5 Å². The average Bonchev–Trinajstić information content (AvgIpc) is 2.93. The van der Waals surface area contributed by atoms with Crippen LogP contribution in [0.25, 0.3) is 11.5 Å². The highest BCUT2D eigenvalue weighted by Crippen LogP contribution is 2.32. The van der Waals surface area contributed by atoms with Crippen LogP contribution in [0.4, 0.5) is 5.82 Å². The summed E-state index contributed by atoms with van der Waals surface area (Å²) in [5.74, 6) is 1.44. The van der Waals surface area contributed by atoms with Gasteiger partial charge in [-0.2, -0.15) is 5.26 Å². The van der Waals surface area contributed by atoms with Gasteiger partial charge in [-0.25, -0.2) is 9.97 Å². The van der Waals surface area contributed by atoms with Gasteiger partial charge in [0.2, 0.25) is 0 Å². The van der Waals surface area contributed by atoms with Crippen LogP contribution in [0, 0.1) is 17.2 Å². The minimum Gasteiger partial charge on any atom is -0.466 e. The second kappa shape index (κ2) is 10.8. The maximum absolute atomic E-state index is 12.3. The molecular formula is C28H30N6O2. The Morgan fingerprint density at radius 1 is 1.14 bits per heavy atom. The average molecular weight is 483 g/mol. The summed E-state index contributed by atoms with van der Waals surface area (Å²) in [7, 11) is 0. The Kier molecular flexibility index (Phi) is 7.19. The van der Waals surface area contributed by atoms with Crippen molar-refractivity contribution in [3.05, 3.63) is 71.0 Å². The summed E-state index contributed by atoms with van der Waals surface area (Å²) in [5, 5.41) is 9.26. The molecular weight excluding hydrogens is 452 g/mol. The van der Waals surface area contributed by atoms with Crippen LogP contribution in [0.2, 0.25) is 0 Å². The van der Waals surface area contributed by atoms with Gasteiger partial charge in [0.25, 0.3) is 0 Å². The molecule has 1 fully saturated rings. The summed E-state index contributed by atoms with van der Waals surface area (Å²) >= 11 is 0. The van der Waals surface area contributed by atoms with E-state index in [2.05, 4.69) is 26.9 Å². The zero-order chi connectivity index (χ0) is 24.9. The monoisotopic (exact) mass is 482 g/mol. The van der Waals surface area contributed by atoms with E-state index in [0.717, 1.165) is 80.3 Å². The maximum atomic E-state index is 12.3. The highest BCUT2D eigenvalue weighted by molar-refractivity contribution is 5.73. The Hall–Kier alpha value is -3.83. The van der Waals surface area contributed by atoms with Crippen LogP contribution in [0.15, 0.2) is 48.7 Å². The number of fused-ring (bicyclic) bond motifs is 1. The first-order valence-electron chi connectivity index (χ1n) is 12.6. The molecule has 0 bridgehead atoms. The van der Waals surface area contributed by atoms with E-state index in [0.29, 0.717) is 18.0 Å². The Bertz CT molecular complexity index is 1260. The molecule has 0 radical (unpaired) electrons. The molecule has 1 saturated heterocycles. The molecule has 0 amide bonds. The van der Waals surface area contributed by atoms with Gasteiger partial charge < -0.3 is 9.64 Å². The normalized spacial score (nSPS) is 16.3. The highest BCUT2D eigenvalue weighted by atomic mass is 16.5. The zero-order valence-corrected chi connectivity index (χ0v) is 20.6. The van der Waals surface area contributed by atoms with E-state index in [1.165, 1.54) is 0 Å². The fraction of sp³-hybridized carbons (Fsp3) is 0.393. The molecule has 4 heterocycles. The summed E-state index contributed by atoms with van der Waals surface area (Å²) in [6, 6.07) is 15.8. The van der Waals surface area contributed by atoms with Gasteiger partial charge in [-0.15, -0.1) is 0 Å². The number of nitriles is 1. The van der Waals surface area contributed by atoms with E-state index >= 15 is 0 Å². The van der Waals surface area contributed by atoms with Crippen LogP contribution in [0.1, 0.15) is 42.1 Å². The fourth-order valence-electron chi connectivity index (χ4n) is 5.04. The topological polar surface area (TPSA) is 95.2 Å². The van der Waals surface area contributed by atoms with Crippen molar-refractivity contribution < 1.29 is 9.53 Å². The van der Waals surface area contributed by atoms with E-state index in [1.807, 2.05) is 43.3 Å². The predicted molar refractivity (Wildman–Crippen MR) is 136 cm³/mol. The SMILES string of the molecule is CCOC(=O)C1CCN(c2nc(-c3ccccn3)nc3c2CN(Cc2cccc(C#N)c2)CC3)CC1. The molecule has 184 valence electrons. The molecule has 2 aliphatic rings. The molecule has 0 saturated carbocycles. The van der Waals surface area contributed by atoms with Crippen molar-refractivity contribution in [3.63, 3.8) is 0 Å². The molecule has 5 rings (SSSR count). The molecule has 0 spiro atoms. The largest absolute Gasteiger partial charge is 0.466 e. The summed E-state index contributed by atoms with van der Waals surface area (Å²) in [6.45, 7) is 6.15. The fourth-order valence-corrected chi connectivity index (χ4v) is 5.04. The first-order valence-corrected chi connectivity index (χ1v) is 12.6. The van der Waals surface area contributed by atoms with Crippen molar-refractivity contribution in [3.8, 4) is 17.6 Å². The van der Waals surface area contributed by atoms with E-state index in [1.54, 1.807) is 6.20 Å². The molecule has 0 N–H and O–H groups in total. The number of nitrogens with zero attached hydrogens (tertiary/aromatic N) is 6. The van der Waals surface area contributed by atoms with Gasteiger partial charge in [-0.05, 0) is 49.6 Å². The number of hydrogen-bond donors (Lipinski definition) is 0. The minimum absolute atomic E-state index is 0.0574. The quantitative estimate of drug-likeness (QED) is 0.490. The van der Waals surface area contributed by atoms with Gasteiger partial charge in [0.15, 0.2) is 5.82 Å². The number of carbonyl (C=O) groups is 1. The molecule has 36 heavy (non-hydrogen) atoms. The van der Waals surface area contributed by atoms with Crippen molar-refractivity contribution in [1.82, 2.24) is 19.9 Å². The van der Waals surface area contributed by atoms with Gasteiger partial charge in [0, 0.05) is 50.9 Å². The number of pyridine rings is 1. The lowest BCUT2D eigenvalue weighted by Crippen LogP contribution is -2.40. The first kappa shape index (κ1) is 23.9. The lowest BCUT2D eigenvalue weighted by Gasteiger charge is -2.36. The molecule has 0 atom stereocenters. The Balaban J connectivity index is 1.42.